The third-order valence-corrected chi connectivity index (χ3v) is 3.73. The van der Waals surface area contributed by atoms with E-state index in [-0.39, 0.29) is 17.6 Å². The van der Waals surface area contributed by atoms with Crippen molar-refractivity contribution in [3.63, 3.8) is 0 Å². The molecule has 0 bridgehead atoms. The number of rotatable bonds is 2. The summed E-state index contributed by atoms with van der Waals surface area (Å²) in [5.41, 5.74) is -0.989. The van der Waals surface area contributed by atoms with Gasteiger partial charge in [-0.05, 0) is 17.9 Å². The second-order valence-electron chi connectivity index (χ2n) is 5.02. The van der Waals surface area contributed by atoms with Crippen LogP contribution in [-0.2, 0) is 5.41 Å². The highest BCUT2D eigenvalue weighted by atomic mass is 19.2. The number of hydrogen-bond acceptors (Lipinski definition) is 1. The van der Waals surface area contributed by atoms with E-state index in [1.807, 2.05) is 13.8 Å². The van der Waals surface area contributed by atoms with Gasteiger partial charge in [0.05, 0.1) is 6.61 Å². The minimum Gasteiger partial charge on any atom is -0.395 e. The molecule has 16 heavy (non-hydrogen) atoms. The van der Waals surface area contributed by atoms with Crippen molar-refractivity contribution in [2.45, 2.75) is 25.7 Å². The molecule has 1 nitrogen and oxygen atoms in total. The second-order valence-corrected chi connectivity index (χ2v) is 5.02. The summed E-state index contributed by atoms with van der Waals surface area (Å²) in [6.07, 6.45) is 0.568. The van der Waals surface area contributed by atoms with Gasteiger partial charge in [-0.1, -0.05) is 19.9 Å². The molecule has 1 unspecified atom stereocenters. The molecule has 1 saturated carbocycles. The average Bonchev–Trinajstić information content (AvgIpc) is 2.79. The van der Waals surface area contributed by atoms with E-state index in [4.69, 9.17) is 0 Å². The van der Waals surface area contributed by atoms with Crippen LogP contribution >= 0.6 is 0 Å². The Hall–Kier alpha value is -1.03. The van der Waals surface area contributed by atoms with E-state index in [9.17, 15) is 18.3 Å². The van der Waals surface area contributed by atoms with Crippen LogP contribution in [0.25, 0.3) is 0 Å². The zero-order chi connectivity index (χ0) is 12.1. The first kappa shape index (κ1) is 11.5. The lowest BCUT2D eigenvalue weighted by atomic mass is 9.88. The van der Waals surface area contributed by atoms with Gasteiger partial charge in [0.2, 0.25) is 0 Å². The largest absolute Gasteiger partial charge is 0.395 e. The molecule has 4 heteroatoms. The molecule has 1 N–H and O–H groups in total. The van der Waals surface area contributed by atoms with Gasteiger partial charge in [-0.15, -0.1) is 0 Å². The molecule has 2 rings (SSSR count). The molecule has 1 aromatic rings. The highest BCUT2D eigenvalue weighted by Gasteiger charge is 2.62. The Morgan fingerprint density at radius 3 is 2.19 bits per heavy atom. The van der Waals surface area contributed by atoms with Gasteiger partial charge in [0.25, 0.3) is 0 Å². The van der Waals surface area contributed by atoms with Crippen molar-refractivity contribution in [3.8, 4) is 0 Å². The fourth-order valence-corrected chi connectivity index (χ4v) is 2.42. The van der Waals surface area contributed by atoms with Crippen LogP contribution in [0.4, 0.5) is 13.2 Å². The number of aliphatic hydroxyl groups is 1. The van der Waals surface area contributed by atoms with Gasteiger partial charge in [-0.3, -0.25) is 0 Å². The first-order chi connectivity index (χ1) is 7.35. The van der Waals surface area contributed by atoms with Gasteiger partial charge in [0.1, 0.15) is 0 Å². The average molecular weight is 230 g/mol. The number of hydrogen-bond donors (Lipinski definition) is 1. The summed E-state index contributed by atoms with van der Waals surface area (Å²) in [6.45, 7) is 3.47. The monoisotopic (exact) mass is 230 g/mol. The molecule has 0 saturated heterocycles. The summed E-state index contributed by atoms with van der Waals surface area (Å²) in [7, 11) is 0. The number of aliphatic hydroxyl groups excluding tert-OH is 1. The van der Waals surface area contributed by atoms with Crippen molar-refractivity contribution in [1.82, 2.24) is 0 Å². The van der Waals surface area contributed by atoms with Gasteiger partial charge < -0.3 is 5.11 Å². The molecule has 1 atom stereocenters. The van der Waals surface area contributed by atoms with Crippen LogP contribution in [-0.4, -0.2) is 11.7 Å². The van der Waals surface area contributed by atoms with E-state index in [0.717, 1.165) is 6.07 Å². The van der Waals surface area contributed by atoms with Crippen molar-refractivity contribution in [2.75, 3.05) is 6.61 Å². The Labute approximate surface area is 91.9 Å². The topological polar surface area (TPSA) is 20.2 Å². The lowest BCUT2D eigenvalue weighted by Gasteiger charge is -2.19. The molecule has 1 fully saturated rings. The summed E-state index contributed by atoms with van der Waals surface area (Å²) in [4.78, 5) is 0. The third kappa shape index (κ3) is 1.29. The normalized spacial score (nSPS) is 26.9. The van der Waals surface area contributed by atoms with E-state index in [0.29, 0.717) is 6.42 Å². The molecule has 1 aliphatic rings. The molecule has 0 aromatic heterocycles. The Kier molecular flexibility index (Phi) is 2.31. The maximum Gasteiger partial charge on any atom is 0.194 e. The lowest BCUT2D eigenvalue weighted by Crippen LogP contribution is -2.21. The minimum atomic E-state index is -1.46. The molecule has 0 amide bonds. The van der Waals surface area contributed by atoms with Crippen LogP contribution in [0.5, 0.6) is 0 Å². The van der Waals surface area contributed by atoms with Gasteiger partial charge in [-0.2, -0.15) is 0 Å². The van der Waals surface area contributed by atoms with Gasteiger partial charge >= 0.3 is 0 Å². The van der Waals surface area contributed by atoms with Crippen molar-refractivity contribution >= 4 is 0 Å². The van der Waals surface area contributed by atoms with E-state index >= 15 is 0 Å². The maximum absolute atomic E-state index is 13.6. The predicted octanol–water partition coefficient (Wildman–Crippen LogP) is 2.76. The molecule has 0 heterocycles. The number of benzene rings is 1. The highest BCUT2D eigenvalue weighted by molar-refractivity contribution is 5.38. The van der Waals surface area contributed by atoms with Crippen molar-refractivity contribution in [3.05, 3.63) is 35.1 Å². The van der Waals surface area contributed by atoms with E-state index in [1.165, 1.54) is 6.07 Å². The van der Waals surface area contributed by atoms with E-state index in [2.05, 4.69) is 0 Å². The molecular weight excluding hydrogens is 217 g/mol. The van der Waals surface area contributed by atoms with E-state index < -0.39 is 22.9 Å². The summed E-state index contributed by atoms with van der Waals surface area (Å²) in [5, 5.41) is 9.35. The number of halogens is 3. The van der Waals surface area contributed by atoms with Crippen molar-refractivity contribution in [2.24, 2.45) is 5.41 Å². The quantitative estimate of drug-likeness (QED) is 0.774. The van der Waals surface area contributed by atoms with Crippen LogP contribution < -0.4 is 0 Å². The van der Waals surface area contributed by atoms with Crippen LogP contribution in [0, 0.1) is 22.9 Å². The molecular formula is C12H13F3O. The molecule has 0 radical (unpaired) electrons. The summed E-state index contributed by atoms with van der Waals surface area (Å²) < 4.78 is 39.5. The highest BCUT2D eigenvalue weighted by Crippen LogP contribution is 2.64. The van der Waals surface area contributed by atoms with Crippen molar-refractivity contribution in [1.29, 1.82) is 0 Å². The van der Waals surface area contributed by atoms with Crippen LogP contribution in [0.1, 0.15) is 25.8 Å². The molecule has 88 valence electrons. The lowest BCUT2D eigenvalue weighted by molar-refractivity contribution is 0.226. The minimum absolute atomic E-state index is 0.0684. The fraction of sp³-hybridized carbons (Fsp3) is 0.500. The fourth-order valence-electron chi connectivity index (χ4n) is 2.42. The second kappa shape index (κ2) is 3.23. The first-order valence-electron chi connectivity index (χ1n) is 5.10. The zero-order valence-corrected chi connectivity index (χ0v) is 9.15. The van der Waals surface area contributed by atoms with Crippen LogP contribution in [0.15, 0.2) is 12.1 Å². The summed E-state index contributed by atoms with van der Waals surface area (Å²) in [6, 6.07) is 2.12. The van der Waals surface area contributed by atoms with Crippen LogP contribution in [0.2, 0.25) is 0 Å². The molecule has 0 spiro atoms. The Bertz CT molecular complexity index is 442. The van der Waals surface area contributed by atoms with Gasteiger partial charge in [-0.25, -0.2) is 13.2 Å². The molecule has 1 aliphatic carbocycles. The zero-order valence-electron chi connectivity index (χ0n) is 9.15. The SMILES string of the molecule is CC1(C)CC1(CO)c1ccc(F)c(F)c1F. The maximum atomic E-state index is 13.6. The summed E-state index contributed by atoms with van der Waals surface area (Å²) >= 11 is 0. The summed E-state index contributed by atoms with van der Waals surface area (Å²) in [5.74, 6) is -3.85. The first-order valence-corrected chi connectivity index (χ1v) is 5.10. The predicted molar refractivity (Wildman–Crippen MR) is 53.5 cm³/mol. The van der Waals surface area contributed by atoms with Gasteiger partial charge in [0, 0.05) is 11.0 Å². The standard InChI is InChI=1S/C12H13F3O/c1-11(2)5-12(11,6-16)7-3-4-8(13)10(15)9(7)14/h3-4,16H,5-6H2,1-2H3. The third-order valence-electron chi connectivity index (χ3n) is 3.73. The Morgan fingerprint density at radius 1 is 1.19 bits per heavy atom. The molecule has 0 aliphatic heterocycles. The Morgan fingerprint density at radius 2 is 1.75 bits per heavy atom. The van der Waals surface area contributed by atoms with Gasteiger partial charge in [0.15, 0.2) is 17.5 Å². The van der Waals surface area contributed by atoms with E-state index in [1.54, 1.807) is 0 Å². The molecule has 1 aromatic carbocycles. The van der Waals surface area contributed by atoms with Crippen LogP contribution in [0.3, 0.4) is 0 Å². The Balaban J connectivity index is 2.54. The smallest absolute Gasteiger partial charge is 0.194 e. The van der Waals surface area contributed by atoms with Crippen molar-refractivity contribution < 1.29 is 18.3 Å².